The van der Waals surface area contributed by atoms with Crippen molar-refractivity contribution in [3.63, 3.8) is 0 Å². The summed E-state index contributed by atoms with van der Waals surface area (Å²) in [5.41, 5.74) is 5.34. The smallest absolute Gasteiger partial charge is 0.244 e. The van der Waals surface area contributed by atoms with Gasteiger partial charge in [0, 0.05) is 18.1 Å². The van der Waals surface area contributed by atoms with Crippen LogP contribution in [0, 0.1) is 5.41 Å². The van der Waals surface area contributed by atoms with E-state index in [-0.39, 0.29) is 27.7 Å². The third kappa shape index (κ3) is 4.58. The zero-order valence-electron chi connectivity index (χ0n) is 11.6. The molecule has 0 saturated heterocycles. The van der Waals surface area contributed by atoms with E-state index in [1.807, 2.05) is 13.8 Å². The molecule has 20 heavy (non-hydrogen) atoms. The predicted octanol–water partition coefficient (Wildman–Crippen LogP) is 3.13. The van der Waals surface area contributed by atoms with Crippen LogP contribution in [0.1, 0.15) is 13.8 Å². The number of rotatable bonds is 5. The molecule has 0 amide bonds. The highest BCUT2D eigenvalue weighted by atomic mass is 79.9. The molecule has 0 aliphatic rings. The third-order valence-electron chi connectivity index (χ3n) is 2.81. The van der Waals surface area contributed by atoms with Crippen LogP contribution in [0.5, 0.6) is 0 Å². The van der Waals surface area contributed by atoms with Gasteiger partial charge in [-0.05, 0) is 40.0 Å². The fourth-order valence-electron chi connectivity index (χ4n) is 1.60. The fourth-order valence-corrected chi connectivity index (χ4v) is 3.96. The number of halogens is 3. The molecule has 0 radical (unpaired) electrons. The van der Waals surface area contributed by atoms with Gasteiger partial charge < -0.3 is 5.73 Å². The van der Waals surface area contributed by atoms with Crippen molar-refractivity contribution in [3.05, 3.63) is 27.7 Å². The molecule has 0 aliphatic carbocycles. The molecule has 2 N–H and O–H groups in total. The summed E-state index contributed by atoms with van der Waals surface area (Å²) in [5, 5.41) is 0.194. The van der Waals surface area contributed by atoms with E-state index in [9.17, 15) is 8.42 Å². The Morgan fingerprint density at radius 2 is 1.95 bits per heavy atom. The van der Waals surface area contributed by atoms with Gasteiger partial charge in [0.2, 0.25) is 10.0 Å². The minimum atomic E-state index is -3.62. The van der Waals surface area contributed by atoms with Crippen molar-refractivity contribution in [2.75, 3.05) is 20.1 Å². The van der Waals surface area contributed by atoms with Crippen molar-refractivity contribution in [1.82, 2.24) is 4.31 Å². The van der Waals surface area contributed by atoms with Gasteiger partial charge in [0.1, 0.15) is 4.90 Å². The molecule has 1 aromatic carbocycles. The average molecular weight is 406 g/mol. The van der Waals surface area contributed by atoms with Crippen molar-refractivity contribution >= 4 is 50.0 Å². The lowest BCUT2D eigenvalue weighted by Gasteiger charge is -2.28. The van der Waals surface area contributed by atoms with Crippen LogP contribution >= 0.6 is 39.9 Å². The van der Waals surface area contributed by atoms with Gasteiger partial charge in [-0.15, -0.1) is 12.4 Å². The summed E-state index contributed by atoms with van der Waals surface area (Å²) in [5.74, 6) is 0. The van der Waals surface area contributed by atoms with Crippen molar-refractivity contribution in [1.29, 1.82) is 0 Å². The lowest BCUT2D eigenvalue weighted by atomic mass is 9.94. The topological polar surface area (TPSA) is 63.4 Å². The van der Waals surface area contributed by atoms with Gasteiger partial charge in [0.15, 0.2) is 0 Å². The summed E-state index contributed by atoms with van der Waals surface area (Å²) in [6, 6.07) is 4.84. The standard InChI is InChI=1S/C12H18BrClN2O2S.ClH/c1-12(2,7-15)8-16(3)19(17,18)10-6-4-5-9(13)11(10)14;/h4-6H,7-8,15H2,1-3H3;1H. The summed E-state index contributed by atoms with van der Waals surface area (Å²) >= 11 is 9.28. The van der Waals surface area contributed by atoms with E-state index in [0.29, 0.717) is 17.6 Å². The number of nitrogens with zero attached hydrogens (tertiary/aromatic N) is 1. The monoisotopic (exact) mass is 404 g/mol. The van der Waals surface area contributed by atoms with Gasteiger partial charge in [0.25, 0.3) is 0 Å². The first-order valence-electron chi connectivity index (χ1n) is 5.72. The zero-order valence-corrected chi connectivity index (χ0v) is 15.5. The van der Waals surface area contributed by atoms with E-state index in [0.717, 1.165) is 0 Å². The molecule has 0 aromatic heterocycles. The Morgan fingerprint density at radius 3 is 2.45 bits per heavy atom. The van der Waals surface area contributed by atoms with Crippen molar-refractivity contribution < 1.29 is 8.42 Å². The second kappa shape index (κ2) is 7.42. The Kier molecular flexibility index (Phi) is 7.48. The number of nitrogens with two attached hydrogens (primary N) is 1. The number of benzene rings is 1. The van der Waals surface area contributed by atoms with Gasteiger partial charge in [-0.25, -0.2) is 12.7 Å². The average Bonchev–Trinajstić information content (AvgIpc) is 2.31. The molecule has 0 heterocycles. The maximum Gasteiger partial charge on any atom is 0.244 e. The molecule has 0 unspecified atom stereocenters. The maximum atomic E-state index is 12.5. The van der Waals surface area contributed by atoms with Gasteiger partial charge in [-0.3, -0.25) is 0 Å². The molecule has 1 aromatic rings. The lowest BCUT2D eigenvalue weighted by Crippen LogP contribution is -2.39. The Morgan fingerprint density at radius 1 is 1.40 bits per heavy atom. The highest BCUT2D eigenvalue weighted by Crippen LogP contribution is 2.31. The highest BCUT2D eigenvalue weighted by molar-refractivity contribution is 9.10. The van der Waals surface area contributed by atoms with E-state index in [1.165, 1.54) is 17.4 Å². The van der Waals surface area contributed by atoms with E-state index in [1.54, 1.807) is 12.1 Å². The van der Waals surface area contributed by atoms with Gasteiger partial charge >= 0.3 is 0 Å². The van der Waals surface area contributed by atoms with Crippen LogP contribution in [0.25, 0.3) is 0 Å². The summed E-state index contributed by atoms with van der Waals surface area (Å²) in [4.78, 5) is 0.0962. The van der Waals surface area contributed by atoms with E-state index in [2.05, 4.69) is 15.9 Å². The second-order valence-electron chi connectivity index (χ2n) is 5.18. The molecule has 4 nitrogen and oxygen atoms in total. The molecular formula is C12H19BrCl2N2O2S. The molecule has 0 atom stereocenters. The predicted molar refractivity (Wildman–Crippen MR) is 89.1 cm³/mol. The van der Waals surface area contributed by atoms with Crippen molar-refractivity contribution in [2.24, 2.45) is 11.1 Å². The maximum absolute atomic E-state index is 12.5. The second-order valence-corrected chi connectivity index (χ2v) is 8.43. The molecule has 0 bridgehead atoms. The van der Waals surface area contributed by atoms with E-state index < -0.39 is 10.0 Å². The SMILES string of the molecule is CN(CC(C)(C)CN)S(=O)(=O)c1cccc(Br)c1Cl.Cl. The third-order valence-corrected chi connectivity index (χ3v) is 6.06. The van der Waals surface area contributed by atoms with Crippen molar-refractivity contribution in [2.45, 2.75) is 18.7 Å². The molecule has 0 fully saturated rings. The van der Waals surface area contributed by atoms with Crippen LogP contribution in [-0.4, -0.2) is 32.9 Å². The molecule has 1 rings (SSSR count). The lowest BCUT2D eigenvalue weighted by molar-refractivity contribution is 0.292. The Hall–Kier alpha value is 0.150. The number of sulfonamides is 1. The zero-order chi connectivity index (χ0) is 14.8. The minimum Gasteiger partial charge on any atom is -0.330 e. The Labute approximate surface area is 140 Å². The Balaban J connectivity index is 0.00000361. The quantitative estimate of drug-likeness (QED) is 0.818. The minimum absolute atomic E-state index is 0. The van der Waals surface area contributed by atoms with Crippen LogP contribution in [0.4, 0.5) is 0 Å². The molecular weight excluding hydrogens is 387 g/mol. The van der Waals surface area contributed by atoms with Crippen LogP contribution in [-0.2, 0) is 10.0 Å². The largest absolute Gasteiger partial charge is 0.330 e. The molecule has 116 valence electrons. The van der Waals surface area contributed by atoms with E-state index in [4.69, 9.17) is 17.3 Å². The van der Waals surface area contributed by atoms with E-state index >= 15 is 0 Å². The van der Waals surface area contributed by atoms with Crippen LogP contribution in [0.15, 0.2) is 27.6 Å². The first kappa shape index (κ1) is 20.1. The molecule has 0 aliphatic heterocycles. The van der Waals surface area contributed by atoms with Gasteiger partial charge in [-0.2, -0.15) is 0 Å². The molecule has 0 saturated carbocycles. The normalized spacial score (nSPS) is 12.3. The van der Waals surface area contributed by atoms with Gasteiger partial charge in [-0.1, -0.05) is 31.5 Å². The summed E-state index contributed by atoms with van der Waals surface area (Å²) in [7, 11) is -2.09. The number of hydrogen-bond acceptors (Lipinski definition) is 3. The Bertz CT molecular complexity index is 565. The summed E-state index contributed by atoms with van der Waals surface area (Å²) in [6.45, 7) is 4.57. The van der Waals surface area contributed by atoms with Crippen LogP contribution in [0.2, 0.25) is 5.02 Å². The first-order valence-corrected chi connectivity index (χ1v) is 8.33. The highest BCUT2D eigenvalue weighted by Gasteiger charge is 2.29. The van der Waals surface area contributed by atoms with Crippen LogP contribution in [0.3, 0.4) is 0 Å². The van der Waals surface area contributed by atoms with Crippen LogP contribution < -0.4 is 5.73 Å². The fraction of sp³-hybridized carbons (Fsp3) is 0.500. The number of hydrogen-bond donors (Lipinski definition) is 1. The molecule has 0 spiro atoms. The first-order chi connectivity index (χ1) is 8.62. The van der Waals surface area contributed by atoms with Crippen molar-refractivity contribution in [3.8, 4) is 0 Å². The van der Waals surface area contributed by atoms with Gasteiger partial charge in [0.05, 0.1) is 5.02 Å². The summed E-state index contributed by atoms with van der Waals surface area (Å²) < 4.78 is 26.8. The molecule has 8 heteroatoms. The summed E-state index contributed by atoms with van der Waals surface area (Å²) in [6.07, 6.45) is 0.